The molecule has 1 aromatic carbocycles. The van der Waals surface area contributed by atoms with Crippen LogP contribution in [0.4, 0.5) is 11.6 Å². The molecular formula is C16H10ClN5. The number of anilines is 2. The zero-order chi connectivity index (χ0) is 15.4. The molecule has 106 valence electrons. The van der Waals surface area contributed by atoms with Crippen molar-refractivity contribution in [1.82, 2.24) is 15.0 Å². The van der Waals surface area contributed by atoms with Crippen molar-refractivity contribution < 1.29 is 0 Å². The smallest absolute Gasteiger partial charge is 0.227 e. The normalized spacial score (nSPS) is 10.0. The highest BCUT2D eigenvalue weighted by molar-refractivity contribution is 6.30. The van der Waals surface area contributed by atoms with Crippen LogP contribution < -0.4 is 5.32 Å². The van der Waals surface area contributed by atoms with E-state index >= 15 is 0 Å². The van der Waals surface area contributed by atoms with E-state index in [-0.39, 0.29) is 0 Å². The van der Waals surface area contributed by atoms with Crippen LogP contribution in [0.5, 0.6) is 0 Å². The van der Waals surface area contributed by atoms with Crippen molar-refractivity contribution in [2.45, 2.75) is 0 Å². The second kappa shape index (κ2) is 6.20. The number of hydrogen-bond acceptors (Lipinski definition) is 5. The second-order valence-corrected chi connectivity index (χ2v) is 4.85. The van der Waals surface area contributed by atoms with Crippen LogP contribution >= 0.6 is 11.6 Å². The van der Waals surface area contributed by atoms with Gasteiger partial charge in [-0.1, -0.05) is 17.7 Å². The molecule has 2 aromatic heterocycles. The fraction of sp³-hybridized carbons (Fsp3) is 0. The minimum absolute atomic E-state index is 0.329. The molecule has 0 aliphatic heterocycles. The summed E-state index contributed by atoms with van der Waals surface area (Å²) in [7, 11) is 0. The molecule has 0 fully saturated rings. The van der Waals surface area contributed by atoms with E-state index in [0.29, 0.717) is 27.9 Å². The first-order chi connectivity index (χ1) is 10.8. The van der Waals surface area contributed by atoms with E-state index < -0.39 is 0 Å². The van der Waals surface area contributed by atoms with Gasteiger partial charge in [0, 0.05) is 28.7 Å². The number of halogens is 1. The average molecular weight is 308 g/mol. The Kier molecular flexibility index (Phi) is 3.95. The van der Waals surface area contributed by atoms with Crippen LogP contribution in [0.1, 0.15) is 5.69 Å². The molecule has 0 spiro atoms. The molecule has 22 heavy (non-hydrogen) atoms. The molecular weight excluding hydrogens is 298 g/mol. The molecule has 3 aromatic rings. The number of benzene rings is 1. The summed E-state index contributed by atoms with van der Waals surface area (Å²) >= 11 is 5.95. The Morgan fingerprint density at radius 2 is 1.95 bits per heavy atom. The number of nitrogens with zero attached hydrogens (tertiary/aromatic N) is 4. The first-order valence-corrected chi connectivity index (χ1v) is 6.85. The Hall–Kier alpha value is -2.97. The van der Waals surface area contributed by atoms with Crippen LogP contribution in [0.2, 0.25) is 5.02 Å². The number of nitrogens with one attached hydrogen (secondary N) is 1. The molecule has 3 rings (SSSR count). The maximum Gasteiger partial charge on any atom is 0.227 e. The van der Waals surface area contributed by atoms with E-state index in [2.05, 4.69) is 26.3 Å². The van der Waals surface area contributed by atoms with Crippen LogP contribution in [0.3, 0.4) is 0 Å². The highest BCUT2D eigenvalue weighted by atomic mass is 35.5. The van der Waals surface area contributed by atoms with Crippen LogP contribution in [0.15, 0.2) is 54.9 Å². The summed E-state index contributed by atoms with van der Waals surface area (Å²) in [5.41, 5.74) is 2.41. The molecule has 0 radical (unpaired) electrons. The van der Waals surface area contributed by atoms with Crippen LogP contribution in [-0.4, -0.2) is 15.0 Å². The van der Waals surface area contributed by atoms with E-state index in [1.807, 2.05) is 12.1 Å². The van der Waals surface area contributed by atoms with Crippen molar-refractivity contribution in [1.29, 1.82) is 5.26 Å². The lowest BCUT2D eigenvalue weighted by atomic mass is 10.1. The molecule has 5 nitrogen and oxygen atoms in total. The summed E-state index contributed by atoms with van der Waals surface area (Å²) in [6, 6.07) is 14.6. The van der Waals surface area contributed by atoms with Gasteiger partial charge in [0.1, 0.15) is 11.8 Å². The lowest BCUT2D eigenvalue weighted by Crippen LogP contribution is -1.99. The Morgan fingerprint density at radius 1 is 1.05 bits per heavy atom. The summed E-state index contributed by atoms with van der Waals surface area (Å²) in [6.07, 6.45) is 3.21. The van der Waals surface area contributed by atoms with Crippen molar-refractivity contribution in [2.75, 3.05) is 5.32 Å². The zero-order valence-electron chi connectivity index (χ0n) is 11.4. The highest BCUT2D eigenvalue weighted by Crippen LogP contribution is 2.22. The topological polar surface area (TPSA) is 74.5 Å². The minimum Gasteiger partial charge on any atom is -0.324 e. The number of rotatable bonds is 3. The number of pyridine rings is 1. The van der Waals surface area contributed by atoms with Crippen molar-refractivity contribution in [3.8, 4) is 17.3 Å². The Labute approximate surface area is 132 Å². The van der Waals surface area contributed by atoms with Gasteiger partial charge in [-0.05, 0) is 36.4 Å². The van der Waals surface area contributed by atoms with Gasteiger partial charge in [0.2, 0.25) is 5.95 Å². The lowest BCUT2D eigenvalue weighted by molar-refractivity contribution is 1.16. The summed E-state index contributed by atoms with van der Waals surface area (Å²) in [6.45, 7) is 0. The average Bonchev–Trinajstić information content (AvgIpc) is 2.55. The Morgan fingerprint density at radius 3 is 2.77 bits per heavy atom. The summed E-state index contributed by atoms with van der Waals surface area (Å²) in [5, 5.41) is 12.8. The Balaban J connectivity index is 1.95. The van der Waals surface area contributed by atoms with Gasteiger partial charge in [-0.15, -0.1) is 0 Å². The third kappa shape index (κ3) is 3.03. The van der Waals surface area contributed by atoms with Crippen molar-refractivity contribution in [2.24, 2.45) is 0 Å². The van der Waals surface area contributed by atoms with Crippen molar-refractivity contribution in [3.63, 3.8) is 0 Å². The Bertz CT molecular complexity index is 857. The summed E-state index contributed by atoms with van der Waals surface area (Å²) in [4.78, 5) is 12.6. The molecule has 1 N–H and O–H groups in total. The first kappa shape index (κ1) is 14.0. The van der Waals surface area contributed by atoms with Crippen molar-refractivity contribution >= 4 is 23.2 Å². The second-order valence-electron chi connectivity index (χ2n) is 4.41. The van der Waals surface area contributed by atoms with Gasteiger partial charge in [-0.25, -0.2) is 15.0 Å². The molecule has 0 aliphatic rings. The lowest BCUT2D eigenvalue weighted by Gasteiger charge is -2.07. The molecule has 0 aliphatic carbocycles. The molecule has 0 saturated heterocycles. The monoisotopic (exact) mass is 307 g/mol. The van der Waals surface area contributed by atoms with E-state index in [1.165, 1.54) is 0 Å². The quantitative estimate of drug-likeness (QED) is 0.796. The fourth-order valence-electron chi connectivity index (χ4n) is 1.97. The van der Waals surface area contributed by atoms with Gasteiger partial charge < -0.3 is 5.32 Å². The highest BCUT2D eigenvalue weighted by Gasteiger charge is 2.08. The van der Waals surface area contributed by atoms with Gasteiger partial charge >= 0.3 is 0 Å². The predicted molar refractivity (Wildman–Crippen MR) is 84.7 cm³/mol. The molecule has 0 atom stereocenters. The SMILES string of the molecule is N#Cc1ncccc1-c1ccnc(Nc2cccc(Cl)c2)n1. The number of nitriles is 1. The number of hydrogen-bond donors (Lipinski definition) is 1. The van der Waals surface area contributed by atoms with E-state index in [1.54, 1.807) is 42.7 Å². The summed E-state index contributed by atoms with van der Waals surface area (Å²) < 4.78 is 0. The van der Waals surface area contributed by atoms with E-state index in [0.717, 1.165) is 5.69 Å². The van der Waals surface area contributed by atoms with Gasteiger partial charge in [0.25, 0.3) is 0 Å². The number of aromatic nitrogens is 3. The minimum atomic E-state index is 0.329. The van der Waals surface area contributed by atoms with Gasteiger partial charge in [0.15, 0.2) is 0 Å². The third-order valence-corrected chi connectivity index (χ3v) is 3.16. The van der Waals surface area contributed by atoms with Gasteiger partial charge in [0.05, 0.1) is 5.69 Å². The van der Waals surface area contributed by atoms with Crippen LogP contribution in [0.25, 0.3) is 11.3 Å². The molecule has 6 heteroatoms. The standard InChI is InChI=1S/C16H10ClN5/c17-11-3-1-4-12(9-11)21-16-20-8-6-14(22-16)13-5-2-7-19-15(13)10-18/h1-9H,(H,20,21,22). The largest absolute Gasteiger partial charge is 0.324 e. The molecule has 2 heterocycles. The maximum atomic E-state index is 9.13. The van der Waals surface area contributed by atoms with Crippen molar-refractivity contribution in [3.05, 3.63) is 65.6 Å². The molecule has 0 bridgehead atoms. The molecule has 0 saturated carbocycles. The first-order valence-electron chi connectivity index (χ1n) is 6.47. The molecule has 0 amide bonds. The van der Waals surface area contributed by atoms with Crippen LogP contribution in [0, 0.1) is 11.3 Å². The third-order valence-electron chi connectivity index (χ3n) is 2.93. The predicted octanol–water partition coefficient (Wildman–Crippen LogP) is 3.81. The van der Waals surface area contributed by atoms with Gasteiger partial charge in [-0.3, -0.25) is 0 Å². The van der Waals surface area contributed by atoms with Crippen LogP contribution in [-0.2, 0) is 0 Å². The maximum absolute atomic E-state index is 9.13. The fourth-order valence-corrected chi connectivity index (χ4v) is 2.16. The molecule has 0 unspecified atom stereocenters. The van der Waals surface area contributed by atoms with Gasteiger partial charge in [-0.2, -0.15) is 5.26 Å². The zero-order valence-corrected chi connectivity index (χ0v) is 12.1. The van der Waals surface area contributed by atoms with E-state index in [9.17, 15) is 0 Å². The van der Waals surface area contributed by atoms with E-state index in [4.69, 9.17) is 16.9 Å². The summed E-state index contributed by atoms with van der Waals surface area (Å²) in [5.74, 6) is 0.424.